The maximum atomic E-state index is 9.43. The summed E-state index contributed by atoms with van der Waals surface area (Å²) in [6.07, 6.45) is 5.44. The molecule has 2 rings (SSSR count). The van der Waals surface area contributed by atoms with Crippen LogP contribution in [0.4, 0.5) is 0 Å². The molecule has 0 aromatic heterocycles. The van der Waals surface area contributed by atoms with Crippen molar-refractivity contribution in [3.05, 3.63) is 0 Å². The average Bonchev–Trinajstić information content (AvgIpc) is 2.47. The second-order valence-corrected chi connectivity index (χ2v) is 5.57. The second-order valence-electron chi connectivity index (χ2n) is 5.57. The van der Waals surface area contributed by atoms with Crippen molar-refractivity contribution in [2.45, 2.75) is 56.7 Å². The fourth-order valence-electron chi connectivity index (χ4n) is 3.41. The quantitative estimate of drug-likeness (QED) is 0.826. The lowest BCUT2D eigenvalue weighted by Crippen LogP contribution is -2.56. The van der Waals surface area contributed by atoms with Crippen molar-refractivity contribution in [3.63, 3.8) is 0 Å². The van der Waals surface area contributed by atoms with E-state index in [2.05, 4.69) is 23.2 Å². The molecule has 4 nitrogen and oxygen atoms in total. The largest absolute Gasteiger partial charge is 0.378 e. The fourth-order valence-corrected chi connectivity index (χ4v) is 3.41. The van der Waals surface area contributed by atoms with E-state index in [0.29, 0.717) is 12.1 Å². The van der Waals surface area contributed by atoms with Gasteiger partial charge in [0.1, 0.15) is 5.54 Å². The molecule has 2 fully saturated rings. The first-order valence-corrected chi connectivity index (χ1v) is 7.18. The van der Waals surface area contributed by atoms with Crippen LogP contribution in [-0.2, 0) is 4.74 Å². The van der Waals surface area contributed by atoms with E-state index in [4.69, 9.17) is 4.74 Å². The molecule has 3 atom stereocenters. The molecule has 1 saturated heterocycles. The van der Waals surface area contributed by atoms with Crippen molar-refractivity contribution < 1.29 is 4.74 Å². The van der Waals surface area contributed by atoms with Crippen molar-refractivity contribution in [1.82, 2.24) is 10.2 Å². The summed E-state index contributed by atoms with van der Waals surface area (Å²) < 4.78 is 5.58. The normalized spacial score (nSPS) is 38.3. The summed E-state index contributed by atoms with van der Waals surface area (Å²) >= 11 is 0. The molecule has 3 unspecified atom stereocenters. The maximum Gasteiger partial charge on any atom is 0.108 e. The highest BCUT2D eigenvalue weighted by atomic mass is 16.5. The van der Waals surface area contributed by atoms with Crippen molar-refractivity contribution >= 4 is 0 Å². The number of morpholine rings is 1. The third-order valence-electron chi connectivity index (χ3n) is 4.63. The zero-order chi connectivity index (χ0) is 13.0. The van der Waals surface area contributed by atoms with Gasteiger partial charge in [-0.05, 0) is 39.2 Å². The van der Waals surface area contributed by atoms with Gasteiger partial charge < -0.3 is 10.1 Å². The van der Waals surface area contributed by atoms with Crippen LogP contribution in [0.2, 0.25) is 0 Å². The molecule has 0 amide bonds. The van der Waals surface area contributed by atoms with Gasteiger partial charge in [-0.15, -0.1) is 0 Å². The highest BCUT2D eigenvalue weighted by Crippen LogP contribution is 2.32. The van der Waals surface area contributed by atoms with E-state index in [0.717, 1.165) is 45.4 Å². The third-order valence-corrected chi connectivity index (χ3v) is 4.63. The summed E-state index contributed by atoms with van der Waals surface area (Å²) in [7, 11) is 1.92. The van der Waals surface area contributed by atoms with Crippen molar-refractivity contribution in [2.75, 3.05) is 26.8 Å². The van der Waals surface area contributed by atoms with Crippen molar-refractivity contribution in [1.29, 1.82) is 5.26 Å². The van der Waals surface area contributed by atoms with Gasteiger partial charge in [0.05, 0.1) is 19.3 Å². The standard InChI is InChI=1S/C14H25N3O/c1-3-12-10-18-8-7-17(12)13-5-4-6-14(9-13,11-15)16-2/h12-13,16H,3-10H2,1-2H3. The van der Waals surface area contributed by atoms with Crippen LogP contribution in [0.3, 0.4) is 0 Å². The Balaban J connectivity index is 2.05. The van der Waals surface area contributed by atoms with E-state index in [9.17, 15) is 5.26 Å². The Morgan fingerprint density at radius 1 is 1.56 bits per heavy atom. The van der Waals surface area contributed by atoms with Crippen molar-refractivity contribution in [2.24, 2.45) is 0 Å². The van der Waals surface area contributed by atoms with Crippen LogP contribution in [-0.4, -0.2) is 49.3 Å². The second kappa shape index (κ2) is 6.01. The molecule has 4 heteroatoms. The minimum Gasteiger partial charge on any atom is -0.378 e. The van der Waals surface area contributed by atoms with Gasteiger partial charge in [-0.1, -0.05) is 6.92 Å². The zero-order valence-corrected chi connectivity index (χ0v) is 11.6. The Bertz CT molecular complexity index is 315. The highest BCUT2D eigenvalue weighted by molar-refractivity contribution is 5.11. The van der Waals surface area contributed by atoms with Crippen LogP contribution >= 0.6 is 0 Å². The van der Waals surface area contributed by atoms with Gasteiger partial charge in [0.25, 0.3) is 0 Å². The zero-order valence-electron chi connectivity index (χ0n) is 11.6. The molecule has 18 heavy (non-hydrogen) atoms. The number of nitrogens with zero attached hydrogens (tertiary/aromatic N) is 2. The summed E-state index contributed by atoms with van der Waals surface area (Å²) in [4.78, 5) is 2.59. The smallest absolute Gasteiger partial charge is 0.108 e. The lowest BCUT2D eigenvalue weighted by Gasteiger charge is -2.46. The highest BCUT2D eigenvalue weighted by Gasteiger charge is 2.39. The van der Waals surface area contributed by atoms with E-state index >= 15 is 0 Å². The number of ether oxygens (including phenoxy) is 1. The van der Waals surface area contributed by atoms with Gasteiger partial charge in [0.2, 0.25) is 0 Å². The lowest BCUT2D eigenvalue weighted by atomic mass is 9.79. The number of hydrogen-bond donors (Lipinski definition) is 1. The fraction of sp³-hybridized carbons (Fsp3) is 0.929. The first-order chi connectivity index (χ1) is 8.74. The van der Waals surface area contributed by atoms with Crippen LogP contribution in [0, 0.1) is 11.3 Å². The Hall–Kier alpha value is -0.630. The summed E-state index contributed by atoms with van der Waals surface area (Å²) in [5.41, 5.74) is -0.306. The number of hydrogen-bond acceptors (Lipinski definition) is 4. The average molecular weight is 251 g/mol. The molecule has 1 aliphatic heterocycles. The molecular weight excluding hydrogens is 226 g/mol. The molecule has 102 valence electrons. The summed E-state index contributed by atoms with van der Waals surface area (Å²) in [5.74, 6) is 0. The third kappa shape index (κ3) is 2.69. The van der Waals surface area contributed by atoms with Gasteiger partial charge in [0.15, 0.2) is 0 Å². The topological polar surface area (TPSA) is 48.3 Å². The molecule has 0 aromatic rings. The molecule has 2 aliphatic rings. The van der Waals surface area contributed by atoms with Gasteiger partial charge in [0, 0.05) is 18.6 Å². The first-order valence-electron chi connectivity index (χ1n) is 7.18. The Morgan fingerprint density at radius 2 is 2.39 bits per heavy atom. The molecule has 1 aliphatic carbocycles. The van der Waals surface area contributed by atoms with Gasteiger partial charge >= 0.3 is 0 Å². The SMILES string of the molecule is CCC1COCCN1C1CCCC(C#N)(NC)C1. The molecule has 0 bridgehead atoms. The van der Waals surface area contributed by atoms with Crippen LogP contribution in [0.25, 0.3) is 0 Å². The Morgan fingerprint density at radius 3 is 3.06 bits per heavy atom. The molecular formula is C14H25N3O. The van der Waals surface area contributed by atoms with Crippen LogP contribution in [0.15, 0.2) is 0 Å². The predicted molar refractivity (Wildman–Crippen MR) is 71.3 cm³/mol. The van der Waals surface area contributed by atoms with Crippen LogP contribution < -0.4 is 5.32 Å². The molecule has 0 radical (unpaired) electrons. The first kappa shape index (κ1) is 13.8. The maximum absolute atomic E-state index is 9.43. The molecule has 1 N–H and O–H groups in total. The minimum absolute atomic E-state index is 0.306. The van der Waals surface area contributed by atoms with Crippen LogP contribution in [0.5, 0.6) is 0 Å². The number of nitriles is 1. The number of nitrogens with one attached hydrogen (secondary N) is 1. The molecule has 1 heterocycles. The van der Waals surface area contributed by atoms with E-state index in [-0.39, 0.29) is 5.54 Å². The lowest BCUT2D eigenvalue weighted by molar-refractivity contribution is -0.0422. The van der Waals surface area contributed by atoms with Crippen molar-refractivity contribution in [3.8, 4) is 6.07 Å². The summed E-state index contributed by atoms with van der Waals surface area (Å²) in [5, 5.41) is 12.7. The van der Waals surface area contributed by atoms with E-state index in [1.165, 1.54) is 6.42 Å². The summed E-state index contributed by atoms with van der Waals surface area (Å²) in [6, 6.07) is 3.58. The van der Waals surface area contributed by atoms with E-state index in [1.54, 1.807) is 0 Å². The molecule has 1 saturated carbocycles. The molecule has 0 spiro atoms. The van der Waals surface area contributed by atoms with Crippen LogP contribution in [0.1, 0.15) is 39.0 Å². The summed E-state index contributed by atoms with van der Waals surface area (Å²) in [6.45, 7) is 4.94. The van der Waals surface area contributed by atoms with E-state index in [1.807, 2.05) is 7.05 Å². The monoisotopic (exact) mass is 251 g/mol. The molecule has 0 aromatic carbocycles. The predicted octanol–water partition coefficient (Wildman–Crippen LogP) is 1.52. The van der Waals surface area contributed by atoms with Gasteiger partial charge in [-0.25, -0.2) is 0 Å². The van der Waals surface area contributed by atoms with Gasteiger partial charge in [-0.3, -0.25) is 4.90 Å². The van der Waals surface area contributed by atoms with Gasteiger partial charge in [-0.2, -0.15) is 5.26 Å². The number of rotatable bonds is 3. The van der Waals surface area contributed by atoms with E-state index < -0.39 is 0 Å². The Labute approximate surface area is 110 Å². The Kier molecular flexibility index (Phi) is 4.60. The minimum atomic E-state index is -0.306.